The Morgan fingerprint density at radius 2 is 1.89 bits per heavy atom. The number of nitrogens with zero attached hydrogens (tertiary/aromatic N) is 1. The first-order valence-electron chi connectivity index (χ1n) is 7.34. The second kappa shape index (κ2) is 6.36. The Balaban J connectivity index is 1.79. The summed E-state index contributed by atoms with van der Waals surface area (Å²) in [4.78, 5) is 12.0. The van der Waals surface area contributed by atoms with Crippen LogP contribution in [0.15, 0.2) is 0 Å². The van der Waals surface area contributed by atoms with Crippen LogP contribution in [0, 0.1) is 29.1 Å². The van der Waals surface area contributed by atoms with E-state index >= 15 is 0 Å². The zero-order valence-corrected chi connectivity index (χ0v) is 11.5. The average Bonchev–Trinajstić information content (AvgIpc) is 2.39. The lowest BCUT2D eigenvalue weighted by Gasteiger charge is -2.30. The molecule has 2 aliphatic rings. The predicted octanol–water partition coefficient (Wildman–Crippen LogP) is 3.39. The molecule has 0 N–H and O–H groups in total. The lowest BCUT2D eigenvalue weighted by Crippen LogP contribution is -2.34. The van der Waals surface area contributed by atoms with Crippen molar-refractivity contribution in [3.8, 4) is 6.07 Å². The summed E-state index contributed by atoms with van der Waals surface area (Å²) in [5.41, 5.74) is 0. The molecule has 0 aromatic carbocycles. The largest absolute Gasteiger partial charge is 0.462 e. The maximum absolute atomic E-state index is 13.6. The number of nitriles is 1. The van der Waals surface area contributed by atoms with Crippen molar-refractivity contribution in [1.82, 2.24) is 0 Å². The quantitative estimate of drug-likeness (QED) is 0.721. The molecule has 3 atom stereocenters. The van der Waals surface area contributed by atoms with Gasteiger partial charge in [-0.2, -0.15) is 5.26 Å². The van der Waals surface area contributed by atoms with E-state index in [1.165, 1.54) is 0 Å². The first-order valence-corrected chi connectivity index (χ1v) is 7.34. The summed E-state index contributed by atoms with van der Waals surface area (Å²) in [5.74, 6) is 0.0262. The van der Waals surface area contributed by atoms with Crippen LogP contribution >= 0.6 is 0 Å². The molecule has 0 aromatic rings. The lowest BCUT2D eigenvalue weighted by molar-refractivity contribution is -0.158. The van der Waals surface area contributed by atoms with Crippen molar-refractivity contribution in [3.05, 3.63) is 0 Å². The Morgan fingerprint density at radius 3 is 2.47 bits per heavy atom. The third-order valence-electron chi connectivity index (χ3n) is 4.52. The van der Waals surface area contributed by atoms with Crippen LogP contribution in [0.2, 0.25) is 0 Å². The summed E-state index contributed by atoms with van der Waals surface area (Å²) in [6.07, 6.45) is 3.77. The summed E-state index contributed by atoms with van der Waals surface area (Å²) >= 11 is 0. The molecule has 2 fully saturated rings. The van der Waals surface area contributed by atoms with Gasteiger partial charge in [-0.1, -0.05) is 6.92 Å². The molecule has 2 aliphatic carbocycles. The molecule has 3 unspecified atom stereocenters. The molecule has 0 aromatic heterocycles. The van der Waals surface area contributed by atoms with E-state index in [1.807, 2.05) is 6.07 Å². The maximum Gasteiger partial charge on any atom is 0.309 e. The molecule has 106 valence electrons. The normalized spacial score (nSPS) is 39.3. The molecule has 0 heterocycles. The van der Waals surface area contributed by atoms with Gasteiger partial charge >= 0.3 is 5.97 Å². The molecule has 3 nitrogen and oxygen atoms in total. The van der Waals surface area contributed by atoms with Gasteiger partial charge in [-0.15, -0.1) is 0 Å². The molecular weight excluding hydrogens is 245 g/mol. The minimum atomic E-state index is -1.15. The smallest absolute Gasteiger partial charge is 0.309 e. The molecule has 0 aliphatic heterocycles. The third kappa shape index (κ3) is 3.68. The Labute approximate surface area is 114 Å². The second-order valence-electron chi connectivity index (χ2n) is 6.08. The second-order valence-corrected chi connectivity index (χ2v) is 6.08. The average molecular weight is 267 g/mol. The van der Waals surface area contributed by atoms with Gasteiger partial charge < -0.3 is 4.74 Å². The standard InChI is InChI=1S/C15H22FNO2/c1-10-2-4-11(5-3-10)15(18)19-13-7-6-12(9-17)14(16)8-13/h10-14H,2-8H2,1H3. The minimum absolute atomic E-state index is 0.00273. The highest BCUT2D eigenvalue weighted by Gasteiger charge is 2.34. The zero-order valence-electron chi connectivity index (χ0n) is 11.5. The highest BCUT2D eigenvalue weighted by molar-refractivity contribution is 5.72. The van der Waals surface area contributed by atoms with E-state index in [4.69, 9.17) is 10.00 Å². The molecule has 0 radical (unpaired) electrons. The van der Waals surface area contributed by atoms with Crippen LogP contribution in [0.4, 0.5) is 4.39 Å². The van der Waals surface area contributed by atoms with Crippen molar-refractivity contribution in [1.29, 1.82) is 5.26 Å². The molecule has 19 heavy (non-hydrogen) atoms. The van der Waals surface area contributed by atoms with E-state index in [0.29, 0.717) is 18.8 Å². The number of carbonyl (C=O) groups excluding carboxylic acids is 1. The lowest BCUT2D eigenvalue weighted by atomic mass is 9.83. The van der Waals surface area contributed by atoms with E-state index in [0.717, 1.165) is 25.7 Å². The zero-order chi connectivity index (χ0) is 13.8. The van der Waals surface area contributed by atoms with E-state index in [2.05, 4.69) is 6.92 Å². The minimum Gasteiger partial charge on any atom is -0.462 e. The van der Waals surface area contributed by atoms with E-state index in [9.17, 15) is 9.18 Å². The SMILES string of the molecule is CC1CCC(C(=O)OC2CCC(C#N)C(F)C2)CC1. The summed E-state index contributed by atoms with van der Waals surface area (Å²) in [6, 6.07) is 1.98. The van der Waals surface area contributed by atoms with E-state index < -0.39 is 12.1 Å². The summed E-state index contributed by atoms with van der Waals surface area (Å²) in [7, 11) is 0. The molecule has 4 heteroatoms. The number of ether oxygens (including phenoxy) is 1. The van der Waals surface area contributed by atoms with Gasteiger partial charge in [0.15, 0.2) is 0 Å². The van der Waals surface area contributed by atoms with E-state index in [-0.39, 0.29) is 24.4 Å². The van der Waals surface area contributed by atoms with Crippen molar-refractivity contribution in [2.75, 3.05) is 0 Å². The molecule has 2 rings (SSSR count). The van der Waals surface area contributed by atoms with Crippen molar-refractivity contribution < 1.29 is 13.9 Å². The van der Waals surface area contributed by atoms with Gasteiger partial charge in [-0.05, 0) is 44.4 Å². The van der Waals surface area contributed by atoms with Crippen LogP contribution in [0.5, 0.6) is 0 Å². The fourth-order valence-electron chi connectivity index (χ4n) is 3.09. The third-order valence-corrected chi connectivity index (χ3v) is 4.52. The molecule has 0 bridgehead atoms. The van der Waals surface area contributed by atoms with Crippen molar-refractivity contribution >= 4 is 5.97 Å². The molecule has 2 saturated carbocycles. The van der Waals surface area contributed by atoms with E-state index in [1.54, 1.807) is 0 Å². The maximum atomic E-state index is 13.6. The van der Waals surface area contributed by atoms with Gasteiger partial charge in [0.1, 0.15) is 12.3 Å². The predicted molar refractivity (Wildman–Crippen MR) is 68.9 cm³/mol. The van der Waals surface area contributed by atoms with Crippen LogP contribution in [-0.2, 0) is 9.53 Å². The number of hydrogen-bond donors (Lipinski definition) is 0. The fraction of sp³-hybridized carbons (Fsp3) is 0.867. The van der Waals surface area contributed by atoms with Gasteiger partial charge in [-0.25, -0.2) is 4.39 Å². The number of esters is 1. The molecular formula is C15H22FNO2. The number of carbonyl (C=O) groups is 1. The summed E-state index contributed by atoms with van der Waals surface area (Å²) < 4.78 is 19.1. The van der Waals surface area contributed by atoms with Crippen LogP contribution in [0.1, 0.15) is 51.9 Å². The van der Waals surface area contributed by atoms with Gasteiger partial charge in [0.05, 0.1) is 17.9 Å². The first-order chi connectivity index (χ1) is 9.10. The Bertz CT molecular complexity index is 358. The Kier molecular flexibility index (Phi) is 4.79. The molecule has 0 spiro atoms. The first kappa shape index (κ1) is 14.3. The van der Waals surface area contributed by atoms with Crippen molar-refractivity contribution in [3.63, 3.8) is 0 Å². The van der Waals surface area contributed by atoms with Crippen LogP contribution in [0.3, 0.4) is 0 Å². The van der Waals surface area contributed by atoms with Crippen molar-refractivity contribution in [2.24, 2.45) is 17.8 Å². The monoisotopic (exact) mass is 267 g/mol. The highest BCUT2D eigenvalue weighted by atomic mass is 19.1. The Morgan fingerprint density at radius 1 is 1.21 bits per heavy atom. The number of alkyl halides is 1. The molecule has 0 saturated heterocycles. The van der Waals surface area contributed by atoms with Crippen LogP contribution < -0.4 is 0 Å². The van der Waals surface area contributed by atoms with Gasteiger partial charge in [-0.3, -0.25) is 4.79 Å². The van der Waals surface area contributed by atoms with Gasteiger partial charge in [0, 0.05) is 6.42 Å². The van der Waals surface area contributed by atoms with Crippen LogP contribution in [-0.4, -0.2) is 18.2 Å². The van der Waals surface area contributed by atoms with Gasteiger partial charge in [0.2, 0.25) is 0 Å². The van der Waals surface area contributed by atoms with Crippen molar-refractivity contribution in [2.45, 2.75) is 64.1 Å². The van der Waals surface area contributed by atoms with Crippen LogP contribution in [0.25, 0.3) is 0 Å². The Hall–Kier alpha value is -1.11. The summed E-state index contributed by atoms with van der Waals surface area (Å²) in [6.45, 7) is 2.21. The number of hydrogen-bond acceptors (Lipinski definition) is 3. The van der Waals surface area contributed by atoms with Gasteiger partial charge in [0.25, 0.3) is 0 Å². The topological polar surface area (TPSA) is 50.1 Å². The molecule has 0 amide bonds. The summed E-state index contributed by atoms with van der Waals surface area (Å²) in [5, 5.41) is 8.76. The number of halogens is 1. The number of rotatable bonds is 2. The fourth-order valence-corrected chi connectivity index (χ4v) is 3.09. The highest BCUT2D eigenvalue weighted by Crippen LogP contribution is 2.32.